The lowest BCUT2D eigenvalue weighted by Crippen LogP contribution is -2.61. The summed E-state index contributed by atoms with van der Waals surface area (Å²) < 4.78 is 5.71. The monoisotopic (exact) mass is 655 g/mol. The van der Waals surface area contributed by atoms with Gasteiger partial charge in [0.15, 0.2) is 0 Å². The Morgan fingerprint density at radius 3 is 2.04 bits per heavy atom. The molecule has 264 valence electrons. The molecule has 1 heterocycles. The van der Waals surface area contributed by atoms with Gasteiger partial charge in [0.2, 0.25) is 29.5 Å². The molecule has 14 heteroatoms. The van der Waals surface area contributed by atoms with Gasteiger partial charge in [0.1, 0.15) is 36.8 Å². The molecule has 1 unspecified atom stereocenters. The largest absolute Gasteiger partial charge is 0.460 e. The van der Waals surface area contributed by atoms with Crippen LogP contribution >= 0.6 is 0 Å². The van der Waals surface area contributed by atoms with Gasteiger partial charge in [-0.1, -0.05) is 67.2 Å². The third-order valence-electron chi connectivity index (χ3n) is 8.46. The summed E-state index contributed by atoms with van der Waals surface area (Å²) in [6.07, 6.45) is 2.37. The number of aliphatic hydroxyl groups is 2. The van der Waals surface area contributed by atoms with Crippen molar-refractivity contribution in [1.29, 1.82) is 0 Å². The molecule has 1 saturated heterocycles. The van der Waals surface area contributed by atoms with Gasteiger partial charge in [-0.3, -0.25) is 28.8 Å². The van der Waals surface area contributed by atoms with E-state index in [0.717, 1.165) is 19.3 Å². The zero-order chi connectivity index (χ0) is 35.1. The molecule has 14 nitrogen and oxygen atoms in total. The van der Waals surface area contributed by atoms with Gasteiger partial charge in [-0.15, -0.1) is 0 Å². The van der Waals surface area contributed by atoms with E-state index in [4.69, 9.17) is 4.74 Å². The average Bonchev–Trinajstić information content (AvgIpc) is 3.01. The molecule has 0 aliphatic carbocycles. The minimum atomic E-state index is -1.53. The fourth-order valence-corrected chi connectivity index (χ4v) is 5.25. The van der Waals surface area contributed by atoms with E-state index in [0.29, 0.717) is 19.3 Å². The number of carbonyl (C=O) groups is 6. The Morgan fingerprint density at radius 2 is 1.50 bits per heavy atom. The second-order valence-electron chi connectivity index (χ2n) is 12.8. The lowest BCUT2D eigenvalue weighted by molar-refractivity contribution is -0.157. The highest BCUT2D eigenvalue weighted by Gasteiger charge is 2.38. The summed E-state index contributed by atoms with van der Waals surface area (Å²) in [5.74, 6) is -5.66. The molecule has 0 radical (unpaired) electrons. The number of cyclic esters (lactones) is 1. The molecule has 0 saturated carbocycles. The van der Waals surface area contributed by atoms with E-state index in [1.54, 1.807) is 13.8 Å². The SMILES string of the molecule is CCCCCCC1OC(=O)CNC(=O)[C@H]([C@H](C)O)NC(=O)[C@H](CO)NC(=O)[C@H]([C@H](C)CC)NC(=O)[C@H](CC(C)C)N(C)C(=O)[C@@H]1C. The number of rotatable bonds is 11. The molecule has 1 aliphatic heterocycles. The summed E-state index contributed by atoms with van der Waals surface area (Å²) in [4.78, 5) is 81.3. The number of amides is 5. The van der Waals surface area contributed by atoms with Crippen LogP contribution < -0.4 is 21.3 Å². The van der Waals surface area contributed by atoms with E-state index in [1.165, 1.54) is 18.9 Å². The molecule has 0 spiro atoms. The van der Waals surface area contributed by atoms with Crippen LogP contribution in [0, 0.1) is 17.8 Å². The van der Waals surface area contributed by atoms with Crippen LogP contribution in [-0.4, -0.2) is 107 Å². The summed E-state index contributed by atoms with van der Waals surface area (Å²) in [6.45, 7) is 10.9. The highest BCUT2D eigenvalue weighted by Crippen LogP contribution is 2.22. The first-order valence-corrected chi connectivity index (χ1v) is 16.5. The first-order valence-electron chi connectivity index (χ1n) is 16.5. The van der Waals surface area contributed by atoms with E-state index in [1.807, 2.05) is 20.8 Å². The van der Waals surface area contributed by atoms with Crippen molar-refractivity contribution < 1.29 is 43.7 Å². The van der Waals surface area contributed by atoms with Crippen LogP contribution in [0.5, 0.6) is 0 Å². The third-order valence-corrected chi connectivity index (χ3v) is 8.46. The van der Waals surface area contributed by atoms with Crippen LogP contribution in [0.1, 0.15) is 93.4 Å². The average molecular weight is 656 g/mol. The molecule has 0 aromatic rings. The van der Waals surface area contributed by atoms with Crippen molar-refractivity contribution >= 4 is 35.5 Å². The van der Waals surface area contributed by atoms with Crippen LogP contribution in [0.3, 0.4) is 0 Å². The molecule has 1 aliphatic rings. The summed E-state index contributed by atoms with van der Waals surface area (Å²) in [5, 5.41) is 30.0. The normalized spacial score (nSPS) is 27.8. The molecule has 46 heavy (non-hydrogen) atoms. The Hall–Kier alpha value is -3.26. The van der Waals surface area contributed by atoms with Crippen molar-refractivity contribution in [2.45, 2.75) is 130 Å². The van der Waals surface area contributed by atoms with E-state index >= 15 is 0 Å². The van der Waals surface area contributed by atoms with Crippen LogP contribution in [0.25, 0.3) is 0 Å². The molecular weight excluding hydrogens is 598 g/mol. The number of aliphatic hydroxyl groups excluding tert-OH is 2. The maximum atomic E-state index is 13.9. The number of hydrogen-bond donors (Lipinski definition) is 6. The molecule has 0 bridgehead atoms. The summed E-state index contributed by atoms with van der Waals surface area (Å²) >= 11 is 0. The Balaban J connectivity index is 3.62. The zero-order valence-corrected chi connectivity index (χ0v) is 28.8. The van der Waals surface area contributed by atoms with E-state index in [-0.39, 0.29) is 12.3 Å². The molecule has 6 N–H and O–H groups in total. The van der Waals surface area contributed by atoms with Gasteiger partial charge in [-0.25, -0.2) is 0 Å². The van der Waals surface area contributed by atoms with Gasteiger partial charge in [0, 0.05) is 7.05 Å². The number of nitrogens with one attached hydrogen (secondary N) is 4. The number of hydrogen-bond acceptors (Lipinski definition) is 9. The maximum absolute atomic E-state index is 13.9. The van der Waals surface area contributed by atoms with Crippen LogP contribution in [0.4, 0.5) is 0 Å². The van der Waals surface area contributed by atoms with Crippen LogP contribution in [-0.2, 0) is 33.5 Å². The molecule has 0 aromatic carbocycles. The number of nitrogens with zero attached hydrogens (tertiary/aromatic N) is 1. The van der Waals surface area contributed by atoms with Crippen LogP contribution in [0.15, 0.2) is 0 Å². The molecule has 5 amide bonds. The van der Waals surface area contributed by atoms with Crippen molar-refractivity contribution in [3.05, 3.63) is 0 Å². The van der Waals surface area contributed by atoms with E-state index in [2.05, 4.69) is 28.2 Å². The molecule has 0 aromatic heterocycles. The molecular formula is C32H57N5O9. The van der Waals surface area contributed by atoms with Gasteiger partial charge < -0.3 is 41.1 Å². The fourth-order valence-electron chi connectivity index (χ4n) is 5.25. The Labute approximate surface area is 273 Å². The third kappa shape index (κ3) is 12.5. The zero-order valence-electron chi connectivity index (χ0n) is 28.8. The van der Waals surface area contributed by atoms with Gasteiger partial charge in [-0.05, 0) is 38.0 Å². The highest BCUT2D eigenvalue weighted by atomic mass is 16.5. The predicted octanol–water partition coefficient (Wildman–Crippen LogP) is 0.381. The smallest absolute Gasteiger partial charge is 0.325 e. The fraction of sp³-hybridized carbons (Fsp3) is 0.812. The standard InChI is InChI=1S/C32H57N5O9/c1-9-11-12-13-14-24-20(6)32(45)37(8)23(15-18(3)4)29(42)35-26(19(5)10-2)31(44)34-22(17-38)28(41)36-27(21(7)39)30(43)33-16-25(40)46-24/h18-24,26-27,38-39H,9-17H2,1-8H3,(H,33,43)(H,34,44)(H,35,42)(H,36,41)/t19-,20-,21+,22+,23+,24?,26+,27+/m1/s1. The van der Waals surface area contributed by atoms with Gasteiger partial charge in [0.25, 0.3) is 0 Å². The Kier molecular flexibility index (Phi) is 17.8. The van der Waals surface area contributed by atoms with Crippen molar-refractivity contribution in [3.63, 3.8) is 0 Å². The minimum absolute atomic E-state index is 0.00519. The van der Waals surface area contributed by atoms with E-state index in [9.17, 15) is 39.0 Å². The van der Waals surface area contributed by atoms with Gasteiger partial charge in [0.05, 0.1) is 18.6 Å². The van der Waals surface area contributed by atoms with Crippen LogP contribution in [0.2, 0.25) is 0 Å². The highest BCUT2D eigenvalue weighted by molar-refractivity contribution is 5.96. The number of carbonyl (C=O) groups excluding carboxylic acids is 6. The molecule has 1 fully saturated rings. The van der Waals surface area contributed by atoms with Crippen molar-refractivity contribution in [3.8, 4) is 0 Å². The number of ether oxygens (including phenoxy) is 1. The van der Waals surface area contributed by atoms with Gasteiger partial charge in [-0.2, -0.15) is 0 Å². The maximum Gasteiger partial charge on any atom is 0.325 e. The number of likely N-dealkylation sites (N-methyl/N-ethyl adjacent to an activating group) is 1. The molecule has 8 atom stereocenters. The minimum Gasteiger partial charge on any atom is -0.460 e. The number of esters is 1. The Bertz CT molecular complexity index is 1040. The topological polar surface area (TPSA) is 203 Å². The summed E-state index contributed by atoms with van der Waals surface area (Å²) in [7, 11) is 1.50. The molecule has 1 rings (SSSR count). The van der Waals surface area contributed by atoms with E-state index < -0.39 is 96.9 Å². The predicted molar refractivity (Wildman–Crippen MR) is 171 cm³/mol. The summed E-state index contributed by atoms with van der Waals surface area (Å²) in [6, 6.07) is -5.15. The number of unbranched alkanes of at least 4 members (excludes halogenated alkanes) is 3. The summed E-state index contributed by atoms with van der Waals surface area (Å²) in [5.41, 5.74) is 0. The first kappa shape index (κ1) is 40.8. The van der Waals surface area contributed by atoms with Crippen molar-refractivity contribution in [1.82, 2.24) is 26.2 Å². The lowest BCUT2D eigenvalue weighted by atomic mass is 9.94. The lowest BCUT2D eigenvalue weighted by Gasteiger charge is -2.34. The van der Waals surface area contributed by atoms with Gasteiger partial charge >= 0.3 is 5.97 Å². The van der Waals surface area contributed by atoms with Crippen molar-refractivity contribution in [2.75, 3.05) is 20.2 Å². The second-order valence-corrected chi connectivity index (χ2v) is 12.8. The Morgan fingerprint density at radius 1 is 0.870 bits per heavy atom. The quantitative estimate of drug-likeness (QED) is 0.134. The second kappa shape index (κ2) is 20.1. The first-order chi connectivity index (χ1) is 21.6. The van der Waals surface area contributed by atoms with Crippen molar-refractivity contribution in [2.24, 2.45) is 17.8 Å².